The lowest BCUT2D eigenvalue weighted by molar-refractivity contribution is 0.561. The molecule has 2 heterocycles. The Morgan fingerprint density at radius 3 is 3.00 bits per heavy atom. The van der Waals surface area contributed by atoms with Gasteiger partial charge in [-0.2, -0.15) is 0 Å². The van der Waals surface area contributed by atoms with Crippen LogP contribution in [0.2, 0.25) is 0 Å². The molecule has 2 rings (SSSR count). The van der Waals surface area contributed by atoms with Crippen LogP contribution in [0.4, 0.5) is 0 Å². The average molecular weight is 254 g/mol. The van der Waals surface area contributed by atoms with Crippen molar-refractivity contribution >= 4 is 15.9 Å². The summed E-state index contributed by atoms with van der Waals surface area (Å²) >= 11 is 3.19. The number of rotatable bonds is 2. The molecule has 0 aliphatic rings. The summed E-state index contributed by atoms with van der Waals surface area (Å²) in [7, 11) is 0. The smallest absolute Gasteiger partial charge is 0.265 e. The summed E-state index contributed by atoms with van der Waals surface area (Å²) in [5.74, 6) is 0. The second-order valence-corrected chi connectivity index (χ2v) is 3.78. The molecule has 3 nitrogen and oxygen atoms in total. The minimum atomic E-state index is -0.0336. The van der Waals surface area contributed by atoms with Crippen molar-refractivity contribution in [2.24, 2.45) is 0 Å². The Morgan fingerprint density at radius 1 is 1.43 bits per heavy atom. The van der Waals surface area contributed by atoms with Crippen molar-refractivity contribution in [3.05, 3.63) is 57.3 Å². The molecule has 2 aromatic rings. The van der Waals surface area contributed by atoms with Crippen molar-refractivity contribution < 1.29 is 4.42 Å². The molecule has 0 bridgehead atoms. The van der Waals surface area contributed by atoms with Crippen molar-refractivity contribution in [3.63, 3.8) is 0 Å². The highest BCUT2D eigenvalue weighted by molar-refractivity contribution is 9.10. The zero-order chi connectivity index (χ0) is 9.97. The van der Waals surface area contributed by atoms with Crippen LogP contribution in [-0.4, -0.2) is 4.57 Å². The fraction of sp³-hybridized carbons (Fsp3) is 0.100. The minimum Gasteiger partial charge on any atom is -0.472 e. The molecule has 0 radical (unpaired) electrons. The topological polar surface area (TPSA) is 35.1 Å². The quantitative estimate of drug-likeness (QED) is 0.823. The normalized spacial score (nSPS) is 10.4. The number of pyridine rings is 1. The molecule has 4 heteroatoms. The molecule has 0 atom stereocenters. The van der Waals surface area contributed by atoms with Crippen molar-refractivity contribution in [3.8, 4) is 0 Å². The highest BCUT2D eigenvalue weighted by Gasteiger charge is 2.01. The number of hydrogen-bond donors (Lipinski definition) is 0. The first-order valence-electron chi connectivity index (χ1n) is 4.13. The van der Waals surface area contributed by atoms with E-state index in [2.05, 4.69) is 15.9 Å². The second-order valence-electron chi connectivity index (χ2n) is 2.92. The van der Waals surface area contributed by atoms with E-state index < -0.39 is 0 Å². The van der Waals surface area contributed by atoms with Crippen molar-refractivity contribution in [1.29, 1.82) is 0 Å². The van der Waals surface area contributed by atoms with E-state index in [9.17, 15) is 4.79 Å². The number of halogens is 1. The molecule has 0 saturated carbocycles. The summed E-state index contributed by atoms with van der Waals surface area (Å²) in [6, 6.07) is 5.40. The number of hydrogen-bond acceptors (Lipinski definition) is 2. The van der Waals surface area contributed by atoms with Crippen LogP contribution in [0.3, 0.4) is 0 Å². The predicted molar refractivity (Wildman–Crippen MR) is 56.2 cm³/mol. The number of aromatic nitrogens is 1. The van der Waals surface area contributed by atoms with Gasteiger partial charge in [0, 0.05) is 11.8 Å². The van der Waals surface area contributed by atoms with Gasteiger partial charge in [-0.25, -0.2) is 0 Å². The van der Waals surface area contributed by atoms with Crippen LogP contribution in [0.15, 0.2) is 50.6 Å². The summed E-state index contributed by atoms with van der Waals surface area (Å²) in [5.41, 5.74) is 0.943. The van der Waals surface area contributed by atoms with Crippen LogP contribution in [-0.2, 0) is 6.54 Å². The lowest BCUT2D eigenvalue weighted by Crippen LogP contribution is -2.19. The van der Waals surface area contributed by atoms with Gasteiger partial charge in [-0.15, -0.1) is 0 Å². The van der Waals surface area contributed by atoms with Gasteiger partial charge in [-0.1, -0.05) is 0 Å². The fourth-order valence-electron chi connectivity index (χ4n) is 1.21. The van der Waals surface area contributed by atoms with Crippen molar-refractivity contribution in [2.45, 2.75) is 6.54 Å². The van der Waals surface area contributed by atoms with E-state index in [1.54, 1.807) is 29.4 Å². The molecule has 2 aromatic heterocycles. The maximum absolute atomic E-state index is 11.6. The summed E-state index contributed by atoms with van der Waals surface area (Å²) in [4.78, 5) is 11.6. The first-order valence-corrected chi connectivity index (χ1v) is 4.93. The van der Waals surface area contributed by atoms with E-state index >= 15 is 0 Å². The van der Waals surface area contributed by atoms with Gasteiger partial charge in [0.25, 0.3) is 5.56 Å². The Bertz CT molecular complexity index is 473. The van der Waals surface area contributed by atoms with Gasteiger partial charge in [0.2, 0.25) is 0 Å². The average Bonchev–Trinajstić information content (AvgIpc) is 2.66. The molecular weight excluding hydrogens is 246 g/mol. The largest absolute Gasteiger partial charge is 0.472 e. The molecule has 0 aliphatic carbocycles. The SMILES string of the molecule is O=c1c(Br)cccn1Cc1ccoc1. The second kappa shape index (κ2) is 3.84. The van der Waals surface area contributed by atoms with Crippen molar-refractivity contribution in [1.82, 2.24) is 4.57 Å². The Labute approximate surface area is 89.1 Å². The zero-order valence-corrected chi connectivity index (χ0v) is 8.90. The Hall–Kier alpha value is -1.29. The van der Waals surface area contributed by atoms with Crippen molar-refractivity contribution in [2.75, 3.05) is 0 Å². The maximum Gasteiger partial charge on any atom is 0.265 e. The van der Waals surface area contributed by atoms with Gasteiger partial charge in [0.15, 0.2) is 0 Å². The van der Waals surface area contributed by atoms with E-state index in [1.165, 1.54) is 0 Å². The third-order valence-corrected chi connectivity index (χ3v) is 2.51. The predicted octanol–water partition coefficient (Wildman–Crippen LogP) is 2.25. The standard InChI is InChI=1S/C10H8BrNO2/c11-9-2-1-4-12(10(9)13)6-8-3-5-14-7-8/h1-5,7H,6H2. The monoisotopic (exact) mass is 253 g/mol. The third kappa shape index (κ3) is 1.80. The van der Waals surface area contributed by atoms with E-state index in [-0.39, 0.29) is 5.56 Å². The molecule has 0 fully saturated rings. The number of furan rings is 1. The molecule has 0 unspecified atom stereocenters. The van der Waals surface area contributed by atoms with E-state index in [4.69, 9.17) is 4.42 Å². The van der Waals surface area contributed by atoms with Gasteiger partial charge in [-0.3, -0.25) is 4.79 Å². The van der Waals surface area contributed by atoms with Gasteiger partial charge >= 0.3 is 0 Å². The lowest BCUT2D eigenvalue weighted by atomic mass is 10.3. The molecule has 72 valence electrons. The van der Waals surface area contributed by atoms with Gasteiger partial charge < -0.3 is 8.98 Å². The summed E-state index contributed by atoms with van der Waals surface area (Å²) < 4.78 is 7.12. The molecule has 0 saturated heterocycles. The Kier molecular flexibility index (Phi) is 2.54. The highest BCUT2D eigenvalue weighted by atomic mass is 79.9. The summed E-state index contributed by atoms with van der Waals surface area (Å²) in [6.07, 6.45) is 4.98. The minimum absolute atomic E-state index is 0.0336. The van der Waals surface area contributed by atoms with Crippen LogP contribution in [0.1, 0.15) is 5.56 Å². The molecule has 0 aromatic carbocycles. The molecule has 14 heavy (non-hydrogen) atoms. The van der Waals surface area contributed by atoms with Crippen LogP contribution in [0, 0.1) is 0 Å². The van der Waals surface area contributed by atoms with Crippen LogP contribution in [0.5, 0.6) is 0 Å². The zero-order valence-electron chi connectivity index (χ0n) is 7.31. The molecule has 0 spiro atoms. The summed E-state index contributed by atoms with van der Waals surface area (Å²) in [6.45, 7) is 0.536. The molecule has 0 aliphatic heterocycles. The van der Waals surface area contributed by atoms with Crippen LogP contribution in [0.25, 0.3) is 0 Å². The van der Waals surface area contributed by atoms with E-state index in [1.807, 2.05) is 12.1 Å². The first kappa shape index (κ1) is 9.27. The van der Waals surface area contributed by atoms with Gasteiger partial charge in [0.1, 0.15) is 0 Å². The Morgan fingerprint density at radius 2 is 2.29 bits per heavy atom. The Balaban J connectivity index is 2.34. The maximum atomic E-state index is 11.6. The molecular formula is C10H8BrNO2. The lowest BCUT2D eigenvalue weighted by Gasteiger charge is -2.02. The number of nitrogens with zero attached hydrogens (tertiary/aromatic N) is 1. The van der Waals surface area contributed by atoms with Gasteiger partial charge in [-0.05, 0) is 34.1 Å². The van der Waals surface area contributed by atoms with E-state index in [0.29, 0.717) is 11.0 Å². The molecule has 0 N–H and O–H groups in total. The van der Waals surface area contributed by atoms with Crippen LogP contribution < -0.4 is 5.56 Å². The highest BCUT2D eigenvalue weighted by Crippen LogP contribution is 2.04. The van der Waals surface area contributed by atoms with E-state index in [0.717, 1.165) is 5.56 Å². The fourth-order valence-corrected chi connectivity index (χ4v) is 1.59. The third-order valence-electron chi connectivity index (χ3n) is 1.91. The first-order chi connectivity index (χ1) is 6.77. The van der Waals surface area contributed by atoms with Gasteiger partial charge in [0.05, 0.1) is 23.5 Å². The summed E-state index contributed by atoms with van der Waals surface area (Å²) in [5, 5.41) is 0. The van der Waals surface area contributed by atoms with Crippen LogP contribution >= 0.6 is 15.9 Å². The molecule has 0 amide bonds.